The molecule has 0 radical (unpaired) electrons. The van der Waals surface area contributed by atoms with Crippen LogP contribution in [0.2, 0.25) is 0 Å². The maximum Gasteiger partial charge on any atom is 0.157 e. The standard InChI is InChI=1S/C21H26FN7O2/c1-6-13(10-24-4)26-20-12(9-23)7-14(22)18(27-20)15-11-25-17-8-16(31-5)19(21(2,3)30)28-29(15)17/h7-8,11,13,24,30H,6,10H2,1-5H3,(H,26,27). The number of nitrogens with one attached hydrogen (secondary N) is 2. The van der Waals surface area contributed by atoms with Crippen molar-refractivity contribution in [1.29, 1.82) is 5.26 Å². The molecule has 0 saturated heterocycles. The summed E-state index contributed by atoms with van der Waals surface area (Å²) < 4.78 is 21.7. The molecule has 0 fully saturated rings. The highest BCUT2D eigenvalue weighted by atomic mass is 19.1. The van der Waals surface area contributed by atoms with E-state index in [0.717, 1.165) is 12.5 Å². The van der Waals surface area contributed by atoms with Crippen molar-refractivity contribution in [2.24, 2.45) is 0 Å². The number of imidazole rings is 1. The van der Waals surface area contributed by atoms with E-state index in [1.54, 1.807) is 19.9 Å². The summed E-state index contributed by atoms with van der Waals surface area (Å²) in [5, 5.41) is 30.7. The molecule has 164 valence electrons. The Bertz CT molecular complexity index is 1130. The van der Waals surface area contributed by atoms with Gasteiger partial charge in [0, 0.05) is 18.7 Å². The van der Waals surface area contributed by atoms with E-state index in [1.165, 1.54) is 17.8 Å². The molecule has 31 heavy (non-hydrogen) atoms. The van der Waals surface area contributed by atoms with Crippen LogP contribution in [0.25, 0.3) is 17.0 Å². The number of likely N-dealkylation sites (N-methyl/N-ethyl adjacent to an activating group) is 1. The maximum atomic E-state index is 15.0. The van der Waals surface area contributed by atoms with Crippen LogP contribution in [0.15, 0.2) is 18.3 Å². The Morgan fingerprint density at radius 3 is 2.71 bits per heavy atom. The Hall–Kier alpha value is -3.29. The average Bonchev–Trinajstić information content (AvgIpc) is 3.15. The highest BCUT2D eigenvalue weighted by Crippen LogP contribution is 2.31. The zero-order chi connectivity index (χ0) is 22.8. The number of nitrogens with zero attached hydrogens (tertiary/aromatic N) is 5. The predicted molar refractivity (Wildman–Crippen MR) is 114 cm³/mol. The molecule has 9 nitrogen and oxygen atoms in total. The zero-order valence-electron chi connectivity index (χ0n) is 18.2. The lowest BCUT2D eigenvalue weighted by molar-refractivity contribution is 0.0694. The van der Waals surface area contributed by atoms with Crippen molar-refractivity contribution in [3.63, 3.8) is 0 Å². The van der Waals surface area contributed by atoms with E-state index >= 15 is 0 Å². The lowest BCUT2D eigenvalue weighted by atomic mass is 10.0. The van der Waals surface area contributed by atoms with Crippen LogP contribution < -0.4 is 15.4 Å². The number of hydrogen-bond acceptors (Lipinski definition) is 8. The molecule has 0 bridgehead atoms. The zero-order valence-corrected chi connectivity index (χ0v) is 18.2. The molecule has 3 heterocycles. The third kappa shape index (κ3) is 4.42. The number of nitriles is 1. The summed E-state index contributed by atoms with van der Waals surface area (Å²) in [6.45, 7) is 5.82. The van der Waals surface area contributed by atoms with E-state index in [0.29, 0.717) is 17.9 Å². The van der Waals surface area contributed by atoms with Crippen molar-refractivity contribution in [3.05, 3.63) is 35.4 Å². The van der Waals surface area contributed by atoms with Gasteiger partial charge in [-0.1, -0.05) is 6.92 Å². The number of aliphatic hydroxyl groups is 1. The summed E-state index contributed by atoms with van der Waals surface area (Å²) in [6, 6.07) is 4.76. The summed E-state index contributed by atoms with van der Waals surface area (Å²) in [5.41, 5.74) is -0.235. The molecule has 3 aromatic heterocycles. The second-order valence-corrected chi connectivity index (χ2v) is 7.67. The highest BCUT2D eigenvalue weighted by molar-refractivity contribution is 5.66. The summed E-state index contributed by atoms with van der Waals surface area (Å²) in [4.78, 5) is 8.69. The second kappa shape index (κ2) is 8.83. The summed E-state index contributed by atoms with van der Waals surface area (Å²) >= 11 is 0. The van der Waals surface area contributed by atoms with E-state index in [-0.39, 0.29) is 34.5 Å². The lowest BCUT2D eigenvalue weighted by Crippen LogP contribution is -2.31. The number of fused-ring (bicyclic) bond motifs is 1. The Labute approximate surface area is 179 Å². The Morgan fingerprint density at radius 1 is 1.39 bits per heavy atom. The third-order valence-electron chi connectivity index (χ3n) is 4.88. The molecule has 0 amide bonds. The van der Waals surface area contributed by atoms with Crippen molar-refractivity contribution in [1.82, 2.24) is 24.9 Å². The van der Waals surface area contributed by atoms with E-state index in [1.807, 2.05) is 20.0 Å². The minimum absolute atomic E-state index is 0.00678. The van der Waals surface area contributed by atoms with Crippen LogP contribution in [0.5, 0.6) is 5.75 Å². The first-order valence-corrected chi connectivity index (χ1v) is 9.91. The van der Waals surface area contributed by atoms with Crippen LogP contribution >= 0.6 is 0 Å². The van der Waals surface area contributed by atoms with Gasteiger partial charge >= 0.3 is 0 Å². The van der Waals surface area contributed by atoms with Gasteiger partial charge in [-0.2, -0.15) is 10.4 Å². The maximum absolute atomic E-state index is 15.0. The van der Waals surface area contributed by atoms with Crippen LogP contribution in [0, 0.1) is 17.1 Å². The number of hydrogen-bond donors (Lipinski definition) is 3. The fourth-order valence-corrected chi connectivity index (χ4v) is 3.24. The molecule has 0 aromatic carbocycles. The van der Waals surface area contributed by atoms with Crippen molar-refractivity contribution in [2.75, 3.05) is 26.0 Å². The number of pyridine rings is 1. The fourth-order valence-electron chi connectivity index (χ4n) is 3.24. The molecule has 10 heteroatoms. The molecule has 0 spiro atoms. The lowest BCUT2D eigenvalue weighted by Gasteiger charge is -2.20. The first-order valence-electron chi connectivity index (χ1n) is 9.91. The number of halogens is 1. The van der Waals surface area contributed by atoms with Crippen molar-refractivity contribution in [3.8, 4) is 23.2 Å². The minimum atomic E-state index is -1.30. The summed E-state index contributed by atoms with van der Waals surface area (Å²) in [6.07, 6.45) is 2.23. The second-order valence-electron chi connectivity index (χ2n) is 7.67. The quantitative estimate of drug-likeness (QED) is 0.501. The van der Waals surface area contributed by atoms with Crippen molar-refractivity contribution < 1.29 is 14.2 Å². The van der Waals surface area contributed by atoms with Crippen LogP contribution in [-0.4, -0.2) is 51.4 Å². The van der Waals surface area contributed by atoms with Crippen LogP contribution in [0.4, 0.5) is 10.2 Å². The third-order valence-corrected chi connectivity index (χ3v) is 4.88. The Kier molecular flexibility index (Phi) is 6.38. The average molecular weight is 427 g/mol. The number of ether oxygens (including phenoxy) is 1. The van der Waals surface area contributed by atoms with Gasteiger partial charge in [-0.3, -0.25) is 0 Å². The van der Waals surface area contributed by atoms with Gasteiger partial charge in [0.1, 0.15) is 40.3 Å². The number of aromatic nitrogens is 4. The molecule has 1 unspecified atom stereocenters. The van der Waals surface area contributed by atoms with Crippen LogP contribution in [0.3, 0.4) is 0 Å². The predicted octanol–water partition coefficient (Wildman–Crippen LogP) is 2.45. The molecule has 0 saturated carbocycles. The van der Waals surface area contributed by atoms with Gasteiger partial charge in [0.2, 0.25) is 0 Å². The van der Waals surface area contributed by atoms with Gasteiger partial charge in [-0.25, -0.2) is 18.9 Å². The molecular weight excluding hydrogens is 401 g/mol. The molecule has 1 atom stereocenters. The van der Waals surface area contributed by atoms with Crippen LogP contribution in [-0.2, 0) is 5.60 Å². The molecule has 3 N–H and O–H groups in total. The van der Waals surface area contributed by atoms with Gasteiger partial charge in [0.15, 0.2) is 11.5 Å². The van der Waals surface area contributed by atoms with Gasteiger partial charge in [0.25, 0.3) is 0 Å². The Morgan fingerprint density at radius 2 is 2.13 bits per heavy atom. The highest BCUT2D eigenvalue weighted by Gasteiger charge is 2.26. The van der Waals surface area contributed by atoms with E-state index in [4.69, 9.17) is 4.74 Å². The van der Waals surface area contributed by atoms with E-state index < -0.39 is 11.4 Å². The monoisotopic (exact) mass is 427 g/mol. The minimum Gasteiger partial charge on any atom is -0.495 e. The molecule has 0 aliphatic rings. The number of methoxy groups -OCH3 is 1. The van der Waals surface area contributed by atoms with E-state index in [9.17, 15) is 14.8 Å². The van der Waals surface area contributed by atoms with Gasteiger partial charge in [-0.05, 0) is 33.4 Å². The largest absolute Gasteiger partial charge is 0.495 e. The van der Waals surface area contributed by atoms with Crippen LogP contribution in [0.1, 0.15) is 38.4 Å². The molecular formula is C21H26FN7O2. The molecule has 0 aliphatic heterocycles. The first-order chi connectivity index (χ1) is 14.7. The summed E-state index contributed by atoms with van der Waals surface area (Å²) in [5.74, 6) is -0.0224. The molecule has 3 aromatic rings. The van der Waals surface area contributed by atoms with Crippen molar-refractivity contribution in [2.45, 2.75) is 38.8 Å². The number of rotatable bonds is 8. The molecule has 0 aliphatic carbocycles. The SMILES string of the molecule is CCC(CNC)Nc1nc(-c2cnc3cc(OC)c(C(C)(C)O)nn23)c(F)cc1C#N. The Balaban J connectivity index is 2.18. The summed E-state index contributed by atoms with van der Waals surface area (Å²) in [7, 11) is 3.30. The van der Waals surface area contributed by atoms with Gasteiger partial charge in [-0.15, -0.1) is 0 Å². The normalized spacial score (nSPS) is 12.6. The fraction of sp³-hybridized carbons (Fsp3) is 0.429. The van der Waals surface area contributed by atoms with Gasteiger partial charge < -0.3 is 20.5 Å². The topological polar surface area (TPSA) is 120 Å². The van der Waals surface area contributed by atoms with Gasteiger partial charge in [0.05, 0.1) is 18.9 Å². The van der Waals surface area contributed by atoms with E-state index in [2.05, 4.69) is 25.7 Å². The smallest absolute Gasteiger partial charge is 0.157 e. The molecule has 3 rings (SSSR count). The first kappa shape index (κ1) is 22.4. The van der Waals surface area contributed by atoms with Crippen molar-refractivity contribution >= 4 is 11.5 Å². The number of anilines is 1.